The van der Waals surface area contributed by atoms with E-state index in [9.17, 15) is 0 Å². The summed E-state index contributed by atoms with van der Waals surface area (Å²) in [5, 5.41) is 7.15. The van der Waals surface area contributed by atoms with Crippen molar-refractivity contribution in [3.8, 4) is 0 Å². The van der Waals surface area contributed by atoms with Gasteiger partial charge in [-0.3, -0.25) is 0 Å². The van der Waals surface area contributed by atoms with Crippen LogP contribution in [0.2, 0.25) is 0 Å². The Bertz CT molecular complexity index is 157. The van der Waals surface area contributed by atoms with Crippen LogP contribution in [0.5, 0.6) is 0 Å². The number of hydrogen-bond acceptors (Lipinski definition) is 3. The molecular weight excluding hydrogens is 164 g/mol. The van der Waals surface area contributed by atoms with E-state index in [0.29, 0.717) is 12.1 Å². The molecule has 0 amide bonds. The van der Waals surface area contributed by atoms with E-state index < -0.39 is 0 Å². The molecule has 2 fully saturated rings. The first-order chi connectivity index (χ1) is 6.38. The van der Waals surface area contributed by atoms with Crippen molar-refractivity contribution < 1.29 is 4.74 Å². The Labute approximate surface area is 80.2 Å². The van der Waals surface area contributed by atoms with Crippen LogP contribution in [-0.2, 0) is 4.74 Å². The molecule has 2 atom stereocenters. The van der Waals surface area contributed by atoms with Gasteiger partial charge in [-0.15, -0.1) is 0 Å². The van der Waals surface area contributed by atoms with E-state index in [1.54, 1.807) is 0 Å². The molecule has 0 aromatic rings. The minimum atomic E-state index is 0.622. The van der Waals surface area contributed by atoms with Crippen molar-refractivity contribution in [3.05, 3.63) is 0 Å². The van der Waals surface area contributed by atoms with E-state index >= 15 is 0 Å². The van der Waals surface area contributed by atoms with Gasteiger partial charge in [-0.2, -0.15) is 0 Å². The quantitative estimate of drug-likeness (QED) is 0.617. The predicted molar refractivity (Wildman–Crippen MR) is 52.8 cm³/mol. The van der Waals surface area contributed by atoms with Crippen LogP contribution >= 0.6 is 0 Å². The van der Waals surface area contributed by atoms with E-state index in [0.717, 1.165) is 32.2 Å². The van der Waals surface area contributed by atoms with Crippen molar-refractivity contribution in [2.45, 2.75) is 31.8 Å². The van der Waals surface area contributed by atoms with Gasteiger partial charge in [0.15, 0.2) is 0 Å². The third kappa shape index (κ3) is 2.22. The normalized spacial score (nSPS) is 37.6. The zero-order chi connectivity index (χ0) is 9.10. The van der Waals surface area contributed by atoms with Gasteiger partial charge in [0.1, 0.15) is 0 Å². The maximum absolute atomic E-state index is 5.38. The van der Waals surface area contributed by atoms with Gasteiger partial charge in [0.25, 0.3) is 0 Å². The Morgan fingerprint density at radius 1 is 1.08 bits per heavy atom. The van der Waals surface area contributed by atoms with Gasteiger partial charge in [0.2, 0.25) is 0 Å². The summed E-state index contributed by atoms with van der Waals surface area (Å²) in [4.78, 5) is 0. The molecule has 0 spiro atoms. The van der Waals surface area contributed by atoms with Crippen LogP contribution in [-0.4, -0.2) is 38.4 Å². The molecule has 2 unspecified atom stereocenters. The summed E-state index contributed by atoms with van der Waals surface area (Å²) in [6, 6.07) is 1.29. The zero-order valence-electron chi connectivity index (χ0n) is 8.38. The highest BCUT2D eigenvalue weighted by atomic mass is 16.5. The highest BCUT2D eigenvalue weighted by Crippen LogP contribution is 2.21. The molecule has 0 radical (unpaired) electrons. The third-order valence-corrected chi connectivity index (χ3v) is 3.28. The molecule has 2 saturated heterocycles. The standard InChI is InChI=1S/C10H20N2O/c1-8-10(12-5-4-11-8)9-2-6-13-7-3-9/h8-12H,2-7H2,1H3. The van der Waals surface area contributed by atoms with Gasteiger partial charge in [-0.25, -0.2) is 0 Å². The highest BCUT2D eigenvalue weighted by Gasteiger charge is 2.29. The molecule has 76 valence electrons. The van der Waals surface area contributed by atoms with E-state index in [1.807, 2.05) is 0 Å². The minimum Gasteiger partial charge on any atom is -0.381 e. The van der Waals surface area contributed by atoms with Gasteiger partial charge in [-0.1, -0.05) is 0 Å². The summed E-state index contributed by atoms with van der Waals surface area (Å²) in [5.41, 5.74) is 0. The Hall–Kier alpha value is -0.120. The highest BCUT2D eigenvalue weighted by molar-refractivity contribution is 4.89. The maximum atomic E-state index is 5.38. The lowest BCUT2D eigenvalue weighted by atomic mass is 9.87. The largest absolute Gasteiger partial charge is 0.381 e. The molecule has 2 aliphatic rings. The first kappa shape index (κ1) is 9.44. The van der Waals surface area contributed by atoms with Crippen LogP contribution in [0.25, 0.3) is 0 Å². The Morgan fingerprint density at radius 3 is 2.46 bits per heavy atom. The first-order valence-electron chi connectivity index (χ1n) is 5.42. The number of piperazine rings is 1. The molecule has 3 heteroatoms. The van der Waals surface area contributed by atoms with Crippen molar-refractivity contribution in [1.29, 1.82) is 0 Å². The summed E-state index contributed by atoms with van der Waals surface area (Å²) in [7, 11) is 0. The second kappa shape index (κ2) is 4.40. The minimum absolute atomic E-state index is 0.622. The van der Waals surface area contributed by atoms with Crippen LogP contribution < -0.4 is 10.6 Å². The fourth-order valence-electron chi connectivity index (χ4n) is 2.49. The predicted octanol–water partition coefficient (Wildman–Crippen LogP) is 0.363. The lowest BCUT2D eigenvalue weighted by Gasteiger charge is -2.38. The van der Waals surface area contributed by atoms with E-state index in [1.165, 1.54) is 12.8 Å². The van der Waals surface area contributed by atoms with Crippen molar-refractivity contribution in [1.82, 2.24) is 10.6 Å². The number of nitrogens with one attached hydrogen (secondary N) is 2. The maximum Gasteiger partial charge on any atom is 0.0469 e. The second-order valence-corrected chi connectivity index (χ2v) is 4.17. The second-order valence-electron chi connectivity index (χ2n) is 4.17. The molecule has 0 aromatic heterocycles. The zero-order valence-corrected chi connectivity index (χ0v) is 8.38. The lowest BCUT2D eigenvalue weighted by molar-refractivity contribution is 0.0461. The lowest BCUT2D eigenvalue weighted by Crippen LogP contribution is -2.58. The number of ether oxygens (including phenoxy) is 1. The number of hydrogen-bond donors (Lipinski definition) is 2. The molecule has 2 aliphatic heterocycles. The number of rotatable bonds is 1. The van der Waals surface area contributed by atoms with Crippen molar-refractivity contribution in [2.24, 2.45) is 5.92 Å². The van der Waals surface area contributed by atoms with E-state index in [-0.39, 0.29) is 0 Å². The molecular formula is C10H20N2O. The summed E-state index contributed by atoms with van der Waals surface area (Å²) < 4.78 is 5.38. The summed E-state index contributed by atoms with van der Waals surface area (Å²) >= 11 is 0. The van der Waals surface area contributed by atoms with Crippen LogP contribution in [0.15, 0.2) is 0 Å². The Balaban J connectivity index is 1.88. The molecule has 3 nitrogen and oxygen atoms in total. The molecule has 0 aromatic carbocycles. The van der Waals surface area contributed by atoms with E-state index in [2.05, 4.69) is 17.6 Å². The van der Waals surface area contributed by atoms with Gasteiger partial charge in [0, 0.05) is 38.4 Å². The smallest absolute Gasteiger partial charge is 0.0469 e. The van der Waals surface area contributed by atoms with Crippen molar-refractivity contribution in [2.75, 3.05) is 26.3 Å². The van der Waals surface area contributed by atoms with Crippen LogP contribution in [0.3, 0.4) is 0 Å². The molecule has 2 N–H and O–H groups in total. The first-order valence-corrected chi connectivity index (χ1v) is 5.42. The fraction of sp³-hybridized carbons (Fsp3) is 1.00. The molecule has 13 heavy (non-hydrogen) atoms. The topological polar surface area (TPSA) is 33.3 Å². The van der Waals surface area contributed by atoms with Gasteiger partial charge in [0.05, 0.1) is 0 Å². The molecule has 0 saturated carbocycles. The monoisotopic (exact) mass is 184 g/mol. The van der Waals surface area contributed by atoms with Gasteiger partial charge in [-0.05, 0) is 25.7 Å². The Kier molecular flexibility index (Phi) is 3.19. The average Bonchev–Trinajstić information content (AvgIpc) is 2.20. The fourth-order valence-corrected chi connectivity index (χ4v) is 2.49. The SMILES string of the molecule is CC1NCCNC1C1CCOCC1. The van der Waals surface area contributed by atoms with Crippen molar-refractivity contribution >= 4 is 0 Å². The molecule has 2 rings (SSSR count). The average molecular weight is 184 g/mol. The molecule has 0 bridgehead atoms. The van der Waals surface area contributed by atoms with Crippen molar-refractivity contribution in [3.63, 3.8) is 0 Å². The van der Waals surface area contributed by atoms with Gasteiger partial charge >= 0.3 is 0 Å². The van der Waals surface area contributed by atoms with Gasteiger partial charge < -0.3 is 15.4 Å². The molecule has 2 heterocycles. The summed E-state index contributed by atoms with van der Waals surface area (Å²) in [5.74, 6) is 0.816. The molecule has 0 aliphatic carbocycles. The van der Waals surface area contributed by atoms with Crippen LogP contribution in [0.1, 0.15) is 19.8 Å². The van der Waals surface area contributed by atoms with E-state index in [4.69, 9.17) is 4.74 Å². The summed E-state index contributed by atoms with van der Waals surface area (Å²) in [6.07, 6.45) is 2.45. The Morgan fingerprint density at radius 2 is 1.77 bits per heavy atom. The third-order valence-electron chi connectivity index (χ3n) is 3.28. The summed E-state index contributed by atoms with van der Waals surface area (Å²) in [6.45, 7) is 6.42. The van der Waals surface area contributed by atoms with Crippen LogP contribution in [0.4, 0.5) is 0 Å². The van der Waals surface area contributed by atoms with Crippen LogP contribution in [0, 0.1) is 5.92 Å².